The largest absolute Gasteiger partial charge is 0.0683 e. The normalized spacial score (nSPS) is 10.5. The van der Waals surface area contributed by atoms with Gasteiger partial charge in [-0.25, -0.2) is 0 Å². The Kier molecular flexibility index (Phi) is 66.9. The molecular weight excluding hydrogens is 372 g/mol. The zero-order chi connectivity index (χ0) is 26.1. The zero-order valence-corrected chi connectivity index (χ0v) is 25.3. The Morgan fingerprint density at radius 3 is 0.419 bits per heavy atom. The highest BCUT2D eigenvalue weighted by Gasteiger charge is 1.95. The van der Waals surface area contributed by atoms with Gasteiger partial charge in [-0.15, -0.1) is 0 Å². The third kappa shape index (κ3) is 207. The summed E-state index contributed by atoms with van der Waals surface area (Å²) in [6, 6.07) is 12.0. The molecule has 0 heterocycles. The Labute approximate surface area is 203 Å². The van der Waals surface area contributed by atoms with Crippen LogP contribution in [-0.2, 0) is 0 Å². The fraction of sp³-hybridized carbons (Fsp3) is 0.806. The first kappa shape index (κ1) is 44.0. The van der Waals surface area contributed by atoms with Crippen LogP contribution in [0.15, 0.2) is 36.4 Å². The molecule has 31 heavy (non-hydrogen) atoms. The topological polar surface area (TPSA) is 0 Å². The Morgan fingerprint density at radius 1 is 0.290 bits per heavy atom. The number of benzene rings is 1. The molecule has 1 saturated carbocycles. The van der Waals surface area contributed by atoms with Crippen LogP contribution in [0.25, 0.3) is 0 Å². The molecule has 0 N–H and O–H groups in total. The van der Waals surface area contributed by atoms with Crippen LogP contribution >= 0.6 is 0 Å². The fourth-order valence-corrected chi connectivity index (χ4v) is 1.27. The molecule has 0 aromatic heterocycles. The monoisotopic (exact) mass is 441 g/mol. The second-order valence-electron chi connectivity index (χ2n) is 9.85. The van der Waals surface area contributed by atoms with Crippen molar-refractivity contribution in [2.45, 2.75) is 143 Å². The molecule has 0 spiro atoms. The Hall–Kier alpha value is -0.780. The summed E-state index contributed by atoms with van der Waals surface area (Å²) in [7, 11) is 0. The quantitative estimate of drug-likeness (QED) is 0.376. The van der Waals surface area contributed by atoms with Crippen molar-refractivity contribution in [3.05, 3.63) is 36.4 Å². The van der Waals surface area contributed by atoms with Crippen molar-refractivity contribution in [2.24, 2.45) is 23.7 Å². The highest BCUT2D eigenvalue weighted by atomic mass is 14.0. The summed E-state index contributed by atoms with van der Waals surface area (Å²) in [6.45, 7) is 34.0. The summed E-state index contributed by atoms with van der Waals surface area (Å²) in [5.74, 6) is 3.33. The molecule has 0 saturated heterocycles. The minimum absolute atomic E-state index is 0.833. The van der Waals surface area contributed by atoms with Gasteiger partial charge in [-0.2, -0.15) is 0 Å². The summed E-state index contributed by atoms with van der Waals surface area (Å²) in [6.07, 6.45) is 7.50. The smallest absolute Gasteiger partial charge is 0.0500 e. The van der Waals surface area contributed by atoms with Gasteiger partial charge in [-0.05, 0) is 23.7 Å². The van der Waals surface area contributed by atoms with Gasteiger partial charge in [-0.3, -0.25) is 0 Å². The lowest BCUT2D eigenvalue weighted by Crippen LogP contribution is -1.66. The molecule has 0 bridgehead atoms. The van der Waals surface area contributed by atoms with E-state index in [0.29, 0.717) is 0 Å². The molecular formula is C31H68. The molecule has 1 aliphatic carbocycles. The Morgan fingerprint density at radius 2 is 0.355 bits per heavy atom. The zero-order valence-electron chi connectivity index (χ0n) is 25.3. The molecule has 1 fully saturated rings. The first-order valence-corrected chi connectivity index (χ1v) is 13.4. The SMILES string of the molecule is C1CCCC1.CC.CC.CC(C)C.CC(C)C.CC(C)C.CC(C)C.c1ccccc1. The Balaban J connectivity index is -0.0000000591. The van der Waals surface area contributed by atoms with Crippen LogP contribution in [0.5, 0.6) is 0 Å². The van der Waals surface area contributed by atoms with Gasteiger partial charge in [0.1, 0.15) is 0 Å². The molecule has 192 valence electrons. The maximum absolute atomic E-state index is 2.17. The Bertz CT molecular complexity index is 222. The molecule has 0 aliphatic heterocycles. The van der Waals surface area contributed by atoms with Crippen molar-refractivity contribution in [1.29, 1.82) is 0 Å². The minimum atomic E-state index is 0.833. The highest BCUT2D eigenvalue weighted by molar-refractivity contribution is 4.99. The van der Waals surface area contributed by atoms with Gasteiger partial charge in [0.25, 0.3) is 0 Å². The van der Waals surface area contributed by atoms with Crippen LogP contribution in [-0.4, -0.2) is 0 Å². The van der Waals surface area contributed by atoms with E-state index in [-0.39, 0.29) is 0 Å². The van der Waals surface area contributed by atoms with Crippen LogP contribution < -0.4 is 0 Å². The standard InChI is InChI=1S/C6H6.C5H10.4C4H10.2C2H6/c1-2-4-6-5-3-1;1-2-4-5-3-1;4*1-4(2)3;2*1-2/h1-6H;1-5H2;4*4H,1-3H3;2*1-2H3. The van der Waals surface area contributed by atoms with Crippen molar-refractivity contribution < 1.29 is 0 Å². The van der Waals surface area contributed by atoms with E-state index in [1.54, 1.807) is 0 Å². The molecule has 0 heteroatoms. The summed E-state index contributed by atoms with van der Waals surface area (Å²) in [5.41, 5.74) is 0. The van der Waals surface area contributed by atoms with Crippen molar-refractivity contribution in [3.63, 3.8) is 0 Å². The van der Waals surface area contributed by atoms with Crippen LogP contribution in [0.2, 0.25) is 0 Å². The van der Waals surface area contributed by atoms with E-state index < -0.39 is 0 Å². The molecule has 0 radical (unpaired) electrons. The second kappa shape index (κ2) is 47.1. The van der Waals surface area contributed by atoms with Crippen molar-refractivity contribution in [3.8, 4) is 0 Å². The van der Waals surface area contributed by atoms with E-state index in [1.165, 1.54) is 32.1 Å². The molecule has 1 aromatic rings. The van der Waals surface area contributed by atoms with Gasteiger partial charge in [0.2, 0.25) is 0 Å². The minimum Gasteiger partial charge on any atom is -0.0683 e. The first-order chi connectivity index (χ1) is 14.4. The number of hydrogen-bond acceptors (Lipinski definition) is 0. The van der Waals surface area contributed by atoms with Crippen molar-refractivity contribution in [2.75, 3.05) is 0 Å². The lowest BCUT2D eigenvalue weighted by Gasteiger charge is -1.79. The van der Waals surface area contributed by atoms with E-state index in [0.717, 1.165) is 23.7 Å². The fourth-order valence-electron chi connectivity index (χ4n) is 1.27. The summed E-state index contributed by atoms with van der Waals surface area (Å²) in [4.78, 5) is 0. The second-order valence-corrected chi connectivity index (χ2v) is 9.85. The summed E-state index contributed by atoms with van der Waals surface area (Å²) >= 11 is 0. The van der Waals surface area contributed by atoms with Crippen LogP contribution in [0.3, 0.4) is 0 Å². The molecule has 0 nitrogen and oxygen atoms in total. The van der Waals surface area contributed by atoms with Gasteiger partial charge in [0, 0.05) is 0 Å². The molecule has 1 aromatic carbocycles. The maximum atomic E-state index is 2.17. The lowest BCUT2D eigenvalue weighted by molar-refractivity contribution is 0.736. The maximum Gasteiger partial charge on any atom is -0.0500 e. The van der Waals surface area contributed by atoms with Crippen molar-refractivity contribution >= 4 is 0 Å². The average molecular weight is 441 g/mol. The van der Waals surface area contributed by atoms with Gasteiger partial charge in [0.05, 0.1) is 0 Å². The number of rotatable bonds is 0. The van der Waals surface area contributed by atoms with Gasteiger partial charge < -0.3 is 0 Å². The molecule has 1 aliphatic rings. The van der Waals surface area contributed by atoms with E-state index in [1.807, 2.05) is 64.1 Å². The van der Waals surface area contributed by atoms with Gasteiger partial charge in [-0.1, -0.05) is 179 Å². The molecule has 0 atom stereocenters. The molecule has 2 rings (SSSR count). The van der Waals surface area contributed by atoms with Crippen LogP contribution in [0, 0.1) is 23.7 Å². The number of hydrogen-bond donors (Lipinski definition) is 0. The van der Waals surface area contributed by atoms with Gasteiger partial charge in [0.15, 0.2) is 0 Å². The van der Waals surface area contributed by atoms with Crippen molar-refractivity contribution in [1.82, 2.24) is 0 Å². The van der Waals surface area contributed by atoms with E-state index in [2.05, 4.69) is 83.1 Å². The third-order valence-corrected chi connectivity index (χ3v) is 1.92. The van der Waals surface area contributed by atoms with Gasteiger partial charge >= 0.3 is 0 Å². The molecule has 0 amide bonds. The summed E-state index contributed by atoms with van der Waals surface area (Å²) < 4.78 is 0. The van der Waals surface area contributed by atoms with Crippen LogP contribution in [0.4, 0.5) is 0 Å². The van der Waals surface area contributed by atoms with E-state index in [4.69, 9.17) is 0 Å². The average Bonchev–Trinajstić information content (AvgIpc) is 3.25. The predicted molar refractivity (Wildman–Crippen MR) is 154 cm³/mol. The third-order valence-electron chi connectivity index (χ3n) is 1.92. The predicted octanol–water partition coefficient (Wildman–Crippen LogP) is 12.3. The molecule has 0 unspecified atom stereocenters. The van der Waals surface area contributed by atoms with E-state index >= 15 is 0 Å². The first-order valence-electron chi connectivity index (χ1n) is 13.4. The van der Waals surface area contributed by atoms with E-state index in [9.17, 15) is 0 Å². The highest BCUT2D eigenvalue weighted by Crippen LogP contribution is 2.15. The van der Waals surface area contributed by atoms with Crippen LogP contribution in [0.1, 0.15) is 143 Å². The summed E-state index contributed by atoms with van der Waals surface area (Å²) in [5, 5.41) is 0. The lowest BCUT2D eigenvalue weighted by atomic mass is 10.3.